The molecule has 112 valence electrons. The molecule has 1 saturated carbocycles. The maximum absolute atomic E-state index is 11.9. The van der Waals surface area contributed by atoms with E-state index in [0.29, 0.717) is 6.04 Å². The second-order valence-electron chi connectivity index (χ2n) is 5.44. The summed E-state index contributed by atoms with van der Waals surface area (Å²) in [6.45, 7) is 0. The molecule has 1 aliphatic carbocycles. The number of urea groups is 1. The number of carbonyl (C=O) groups is 1. The molecule has 0 saturated heterocycles. The summed E-state index contributed by atoms with van der Waals surface area (Å²) in [7, 11) is 1.96. The third-order valence-corrected chi connectivity index (χ3v) is 5.02. The molecule has 21 heavy (non-hydrogen) atoms. The van der Waals surface area contributed by atoms with Crippen LogP contribution in [0.2, 0.25) is 0 Å². The molecule has 0 radical (unpaired) electrons. The Morgan fingerprint density at radius 2 is 2.05 bits per heavy atom. The molecule has 1 heterocycles. The Kier molecular flexibility index (Phi) is 4.24. The number of thiazole rings is 1. The highest BCUT2D eigenvalue weighted by molar-refractivity contribution is 7.16. The predicted octanol–water partition coefficient (Wildman–Crippen LogP) is 2.69. The Balaban J connectivity index is 1.69. The monoisotopic (exact) mass is 304 g/mol. The zero-order valence-electron chi connectivity index (χ0n) is 12.1. The topological polar surface area (TPSA) is 58.4 Å². The average Bonchev–Trinajstić information content (AvgIpc) is 2.83. The molecular weight excluding hydrogens is 284 g/mol. The molecule has 2 aromatic rings. The molecule has 2 amide bonds. The minimum Gasteiger partial charge on any atom is -0.334 e. The molecule has 0 unspecified atom stereocenters. The third kappa shape index (κ3) is 3.26. The SMILES string of the molecule is Cn1/c(=N/NC(=O)NC2CCCCC2)sc2ccccc21. The number of carbonyl (C=O) groups excluding carboxylic acids is 1. The lowest BCUT2D eigenvalue weighted by molar-refractivity contribution is 0.232. The van der Waals surface area contributed by atoms with Crippen molar-refractivity contribution in [2.45, 2.75) is 38.1 Å². The van der Waals surface area contributed by atoms with Crippen LogP contribution in [-0.4, -0.2) is 16.6 Å². The first-order valence-electron chi connectivity index (χ1n) is 7.39. The summed E-state index contributed by atoms with van der Waals surface area (Å²) in [5.74, 6) is 0. The van der Waals surface area contributed by atoms with Crippen molar-refractivity contribution in [3.05, 3.63) is 29.1 Å². The maximum Gasteiger partial charge on any atom is 0.335 e. The Bertz CT molecular complexity index is 697. The number of amides is 2. The normalized spacial score (nSPS) is 17.1. The average molecular weight is 304 g/mol. The molecule has 0 bridgehead atoms. The van der Waals surface area contributed by atoms with Gasteiger partial charge < -0.3 is 9.88 Å². The van der Waals surface area contributed by atoms with Crippen molar-refractivity contribution in [1.82, 2.24) is 15.3 Å². The number of para-hydroxylation sites is 1. The van der Waals surface area contributed by atoms with E-state index in [9.17, 15) is 4.79 Å². The minimum absolute atomic E-state index is 0.209. The number of benzene rings is 1. The van der Waals surface area contributed by atoms with Crippen LogP contribution in [0.25, 0.3) is 10.2 Å². The summed E-state index contributed by atoms with van der Waals surface area (Å²) in [4.78, 5) is 12.7. The molecule has 0 atom stereocenters. The zero-order valence-corrected chi connectivity index (χ0v) is 12.9. The van der Waals surface area contributed by atoms with Crippen LogP contribution in [-0.2, 0) is 7.05 Å². The summed E-state index contributed by atoms with van der Waals surface area (Å²) in [6, 6.07) is 8.20. The van der Waals surface area contributed by atoms with Gasteiger partial charge in [-0.2, -0.15) is 0 Å². The van der Waals surface area contributed by atoms with Gasteiger partial charge in [-0.1, -0.05) is 42.7 Å². The standard InChI is InChI=1S/C15H20N4OS/c1-19-12-9-5-6-10-13(12)21-15(19)18-17-14(20)16-11-7-3-2-4-8-11/h5-6,9-11H,2-4,7-8H2,1H3,(H2,16,17,20)/b18-15-. The molecule has 2 N–H and O–H groups in total. The van der Waals surface area contributed by atoms with Gasteiger partial charge in [0.1, 0.15) is 0 Å². The van der Waals surface area contributed by atoms with Crippen molar-refractivity contribution in [2.75, 3.05) is 0 Å². The van der Waals surface area contributed by atoms with Crippen LogP contribution >= 0.6 is 11.3 Å². The van der Waals surface area contributed by atoms with Crippen LogP contribution in [0.5, 0.6) is 0 Å². The molecule has 0 aliphatic heterocycles. The van der Waals surface area contributed by atoms with Gasteiger partial charge in [0, 0.05) is 13.1 Å². The molecule has 1 aliphatic rings. The van der Waals surface area contributed by atoms with Crippen molar-refractivity contribution in [2.24, 2.45) is 12.1 Å². The van der Waals surface area contributed by atoms with Gasteiger partial charge in [0.05, 0.1) is 10.2 Å². The summed E-state index contributed by atoms with van der Waals surface area (Å²) in [5.41, 5.74) is 3.73. The highest BCUT2D eigenvalue weighted by Gasteiger charge is 2.15. The van der Waals surface area contributed by atoms with Crippen LogP contribution in [0.15, 0.2) is 29.4 Å². The second kappa shape index (κ2) is 6.30. The fraction of sp³-hybridized carbons (Fsp3) is 0.467. The van der Waals surface area contributed by atoms with Crippen molar-refractivity contribution >= 4 is 27.6 Å². The minimum atomic E-state index is -0.209. The number of rotatable bonds is 2. The first-order valence-corrected chi connectivity index (χ1v) is 8.20. The van der Waals surface area contributed by atoms with Crippen LogP contribution < -0.4 is 15.5 Å². The van der Waals surface area contributed by atoms with E-state index in [-0.39, 0.29) is 6.03 Å². The van der Waals surface area contributed by atoms with Gasteiger partial charge in [-0.15, -0.1) is 5.10 Å². The largest absolute Gasteiger partial charge is 0.335 e. The molecule has 1 fully saturated rings. The van der Waals surface area contributed by atoms with E-state index in [1.54, 1.807) is 11.3 Å². The quantitative estimate of drug-likeness (QED) is 0.823. The van der Waals surface area contributed by atoms with Gasteiger partial charge in [-0.3, -0.25) is 0 Å². The summed E-state index contributed by atoms with van der Waals surface area (Å²) in [6.07, 6.45) is 5.83. The van der Waals surface area contributed by atoms with E-state index in [0.717, 1.165) is 27.9 Å². The van der Waals surface area contributed by atoms with Gasteiger partial charge in [0.15, 0.2) is 0 Å². The number of aryl methyl sites for hydroxylation is 1. The number of hydrogen-bond acceptors (Lipinski definition) is 3. The molecule has 3 rings (SSSR count). The van der Waals surface area contributed by atoms with Crippen molar-refractivity contribution in [3.8, 4) is 0 Å². The molecule has 6 heteroatoms. The fourth-order valence-corrected chi connectivity index (χ4v) is 3.73. The van der Waals surface area contributed by atoms with Crippen molar-refractivity contribution in [1.29, 1.82) is 0 Å². The second-order valence-corrected chi connectivity index (χ2v) is 6.45. The molecule has 5 nitrogen and oxygen atoms in total. The number of nitrogens with one attached hydrogen (secondary N) is 2. The van der Waals surface area contributed by atoms with E-state index < -0.39 is 0 Å². The van der Waals surface area contributed by atoms with Crippen LogP contribution in [0.4, 0.5) is 4.79 Å². The first kappa shape index (κ1) is 14.1. The predicted molar refractivity (Wildman–Crippen MR) is 84.9 cm³/mol. The van der Waals surface area contributed by atoms with Crippen LogP contribution in [0.1, 0.15) is 32.1 Å². The maximum atomic E-state index is 11.9. The zero-order chi connectivity index (χ0) is 14.7. The van der Waals surface area contributed by atoms with Crippen LogP contribution in [0, 0.1) is 0 Å². The van der Waals surface area contributed by atoms with Crippen molar-refractivity contribution < 1.29 is 4.79 Å². The Labute approximate surface area is 127 Å². The first-order chi connectivity index (χ1) is 10.2. The fourth-order valence-electron chi connectivity index (χ4n) is 2.75. The van der Waals surface area contributed by atoms with E-state index in [1.807, 2.05) is 29.8 Å². The molecule has 1 aromatic carbocycles. The van der Waals surface area contributed by atoms with E-state index in [4.69, 9.17) is 0 Å². The summed E-state index contributed by atoms with van der Waals surface area (Å²) < 4.78 is 3.15. The highest BCUT2D eigenvalue weighted by Crippen LogP contribution is 2.17. The Morgan fingerprint density at radius 1 is 1.29 bits per heavy atom. The van der Waals surface area contributed by atoms with E-state index in [2.05, 4.69) is 21.9 Å². The lowest BCUT2D eigenvalue weighted by Crippen LogP contribution is -2.41. The van der Waals surface area contributed by atoms with Gasteiger partial charge in [0.2, 0.25) is 4.80 Å². The highest BCUT2D eigenvalue weighted by atomic mass is 32.1. The van der Waals surface area contributed by atoms with E-state index >= 15 is 0 Å². The van der Waals surface area contributed by atoms with Gasteiger partial charge in [0.25, 0.3) is 0 Å². The number of fused-ring (bicyclic) bond motifs is 1. The van der Waals surface area contributed by atoms with Crippen LogP contribution in [0.3, 0.4) is 0 Å². The number of nitrogens with zero attached hydrogens (tertiary/aromatic N) is 2. The third-order valence-electron chi connectivity index (χ3n) is 3.91. The lowest BCUT2D eigenvalue weighted by Gasteiger charge is -2.22. The number of aromatic nitrogens is 1. The summed E-state index contributed by atoms with van der Waals surface area (Å²) in [5, 5.41) is 7.22. The molecular formula is C15H20N4OS. The molecule has 1 aromatic heterocycles. The summed E-state index contributed by atoms with van der Waals surface area (Å²) >= 11 is 1.57. The Morgan fingerprint density at radius 3 is 2.81 bits per heavy atom. The van der Waals surface area contributed by atoms with Gasteiger partial charge >= 0.3 is 6.03 Å². The Hall–Kier alpha value is -1.82. The number of hydrogen-bond donors (Lipinski definition) is 2. The smallest absolute Gasteiger partial charge is 0.334 e. The van der Waals surface area contributed by atoms with E-state index in [1.165, 1.54) is 19.3 Å². The van der Waals surface area contributed by atoms with Gasteiger partial charge in [-0.25, -0.2) is 10.2 Å². The lowest BCUT2D eigenvalue weighted by atomic mass is 9.96. The molecule has 0 spiro atoms. The van der Waals surface area contributed by atoms with Gasteiger partial charge in [-0.05, 0) is 25.0 Å². The van der Waals surface area contributed by atoms with Crippen molar-refractivity contribution in [3.63, 3.8) is 0 Å².